The molecule has 7 rings (SSSR count). The maximum Gasteiger partial charge on any atom is 0.294 e. The molecule has 6 aromatic rings. The summed E-state index contributed by atoms with van der Waals surface area (Å²) in [6.07, 6.45) is 7.04. The highest BCUT2D eigenvalue weighted by molar-refractivity contribution is 7.86. The summed E-state index contributed by atoms with van der Waals surface area (Å²) in [6, 6.07) is 35.0. The molecular weight excluding hydrogens is 777 g/mol. The van der Waals surface area contributed by atoms with Gasteiger partial charge in [-0.25, -0.2) is 4.57 Å². The monoisotopic (exact) mass is 821 g/mol. The van der Waals surface area contributed by atoms with E-state index in [1.54, 1.807) is 24.3 Å². The minimum absolute atomic E-state index is 0.0666. The highest BCUT2D eigenvalue weighted by atomic mass is 32.2. The van der Waals surface area contributed by atoms with Crippen LogP contribution in [0, 0.1) is 13.8 Å². The molecule has 15 heteroatoms. The molecular formula is C43H45N6O7S2+. The Labute approximate surface area is 338 Å². The third-order valence-electron chi connectivity index (χ3n) is 8.74. The number of amidine groups is 1. The lowest BCUT2D eigenvalue weighted by molar-refractivity contribution is -0.644. The lowest BCUT2D eigenvalue weighted by Crippen LogP contribution is -2.28. The predicted octanol–water partition coefficient (Wildman–Crippen LogP) is 7.13. The number of fused-ring (bicyclic) bond motifs is 1. The summed E-state index contributed by atoms with van der Waals surface area (Å²) >= 11 is 0. The van der Waals surface area contributed by atoms with E-state index in [0.717, 1.165) is 75.7 Å². The molecule has 5 aromatic carbocycles. The molecule has 7 N–H and O–H groups in total. The Kier molecular flexibility index (Phi) is 14.1. The summed E-state index contributed by atoms with van der Waals surface area (Å²) in [5.74, 6) is 0.751. The number of nitrogens with one attached hydrogen (secondary N) is 3. The number of aliphatic imine (C=N–C) groups is 1. The van der Waals surface area contributed by atoms with Gasteiger partial charge in [0.25, 0.3) is 26.1 Å². The van der Waals surface area contributed by atoms with Crippen molar-refractivity contribution in [2.75, 3.05) is 29.5 Å². The van der Waals surface area contributed by atoms with Crippen molar-refractivity contribution in [2.24, 2.45) is 12.0 Å². The number of hydrogen-bond donors (Lipinski definition) is 6. The minimum atomic E-state index is -4.02. The molecule has 0 spiro atoms. The standard InChI is InChI=1S/C29H28N6O.2C7H8O3S/c1-35-18-15-26(25-19-22(30)8-13-27(25)35)33-23-9-11-24(12-10-23)34-29(36)21-6-3-20(4-7-21)5-14-28-31-16-2-17-32-28;2*1-6-2-4-7(5-3-6)11(8,9)10/h3-15,18-19H,2,16-17,30H2,1H3,(H2,31,32,34,36);2*2-5H,1H3,(H,8,9,10)/p+1/b14-5+;;. The second kappa shape index (κ2) is 19.2. The number of nitrogens with two attached hydrogens (primary N) is 1. The van der Waals surface area contributed by atoms with Crippen molar-refractivity contribution in [1.82, 2.24) is 5.32 Å². The number of nitrogen functional groups attached to an aromatic ring is 1. The lowest BCUT2D eigenvalue weighted by Gasteiger charge is -2.11. The van der Waals surface area contributed by atoms with Crippen molar-refractivity contribution in [3.8, 4) is 0 Å². The van der Waals surface area contributed by atoms with Crippen molar-refractivity contribution in [3.63, 3.8) is 0 Å². The average molecular weight is 822 g/mol. The van der Waals surface area contributed by atoms with Gasteiger partial charge in [0.05, 0.1) is 20.9 Å². The third kappa shape index (κ3) is 12.6. The van der Waals surface area contributed by atoms with Gasteiger partial charge >= 0.3 is 0 Å². The molecule has 0 unspecified atom stereocenters. The second-order valence-corrected chi connectivity index (χ2v) is 16.2. The molecule has 0 atom stereocenters. The molecule has 0 saturated carbocycles. The van der Waals surface area contributed by atoms with Gasteiger partial charge in [-0.3, -0.25) is 18.9 Å². The van der Waals surface area contributed by atoms with Gasteiger partial charge in [-0.05, 0) is 105 Å². The SMILES string of the molecule is C[n+]1ccc(Nc2ccc(NC(=O)c3ccc(/C=C/C4=NCCCN4)cc3)cc2)c2cc(N)ccc21.Cc1ccc(S(=O)(=O)O)cc1.Cc1ccc(S(=O)(=O)O)cc1. The van der Waals surface area contributed by atoms with Gasteiger partial charge in [-0.1, -0.05) is 53.6 Å². The van der Waals surface area contributed by atoms with Gasteiger partial charge in [0.1, 0.15) is 12.9 Å². The largest absolute Gasteiger partial charge is 0.399 e. The number of carbonyl (C=O) groups is 1. The molecule has 58 heavy (non-hydrogen) atoms. The molecule has 0 aliphatic carbocycles. The van der Waals surface area contributed by atoms with Crippen molar-refractivity contribution in [1.29, 1.82) is 0 Å². The van der Waals surface area contributed by atoms with Crippen LogP contribution in [0.25, 0.3) is 17.0 Å². The number of amides is 1. The van der Waals surface area contributed by atoms with Crippen LogP contribution in [0.15, 0.2) is 148 Å². The molecule has 13 nitrogen and oxygen atoms in total. The number of anilines is 4. The first-order chi connectivity index (χ1) is 27.5. The molecule has 0 bridgehead atoms. The van der Waals surface area contributed by atoms with Crippen molar-refractivity contribution in [3.05, 3.63) is 156 Å². The lowest BCUT2D eigenvalue weighted by atomic mass is 10.1. The topological polar surface area (TPSA) is 204 Å². The van der Waals surface area contributed by atoms with E-state index in [0.29, 0.717) is 5.56 Å². The van der Waals surface area contributed by atoms with Crippen LogP contribution >= 0.6 is 0 Å². The van der Waals surface area contributed by atoms with Crippen LogP contribution in [0.5, 0.6) is 0 Å². The van der Waals surface area contributed by atoms with Crippen LogP contribution in [-0.2, 0) is 27.3 Å². The van der Waals surface area contributed by atoms with E-state index < -0.39 is 20.2 Å². The van der Waals surface area contributed by atoms with Gasteiger partial charge in [-0.2, -0.15) is 16.8 Å². The summed E-state index contributed by atoms with van der Waals surface area (Å²) in [5.41, 5.74) is 14.0. The fraction of sp³-hybridized carbons (Fsp3) is 0.140. The van der Waals surface area contributed by atoms with Crippen LogP contribution in [0.4, 0.5) is 22.7 Å². The Balaban J connectivity index is 0.000000236. The van der Waals surface area contributed by atoms with E-state index in [4.69, 9.17) is 14.8 Å². The highest BCUT2D eigenvalue weighted by Crippen LogP contribution is 2.27. The van der Waals surface area contributed by atoms with Gasteiger partial charge in [0.15, 0.2) is 6.20 Å². The van der Waals surface area contributed by atoms with E-state index in [-0.39, 0.29) is 15.7 Å². The fourth-order valence-corrected chi connectivity index (χ4v) is 6.50. The van der Waals surface area contributed by atoms with E-state index in [2.05, 4.69) is 25.5 Å². The number of pyridine rings is 1. The van der Waals surface area contributed by atoms with E-state index in [1.165, 1.54) is 24.3 Å². The summed E-state index contributed by atoms with van der Waals surface area (Å²) in [6.45, 7) is 5.50. The zero-order valence-electron chi connectivity index (χ0n) is 32.1. The summed E-state index contributed by atoms with van der Waals surface area (Å²) in [5, 5.41) is 10.7. The Morgan fingerprint density at radius 1 is 0.759 bits per heavy atom. The summed E-state index contributed by atoms with van der Waals surface area (Å²) < 4.78 is 61.2. The minimum Gasteiger partial charge on any atom is -0.399 e. The number of carbonyl (C=O) groups excluding carboxylic acids is 1. The van der Waals surface area contributed by atoms with Crippen LogP contribution < -0.4 is 26.3 Å². The smallest absolute Gasteiger partial charge is 0.294 e. The van der Waals surface area contributed by atoms with Gasteiger partial charge < -0.3 is 21.7 Å². The molecule has 2 heterocycles. The van der Waals surface area contributed by atoms with E-state index in [9.17, 15) is 21.6 Å². The quantitative estimate of drug-likeness (QED) is 0.0521. The first kappa shape index (κ1) is 42.7. The van der Waals surface area contributed by atoms with Crippen LogP contribution in [-0.4, -0.2) is 50.8 Å². The Bertz CT molecular complexity index is 2580. The maximum atomic E-state index is 12.7. The normalized spacial score (nSPS) is 12.6. The Morgan fingerprint density at radius 3 is 1.86 bits per heavy atom. The molecule has 1 aromatic heterocycles. The first-order valence-electron chi connectivity index (χ1n) is 18.1. The Hall–Kier alpha value is -6.39. The zero-order chi connectivity index (χ0) is 41.9. The molecule has 0 radical (unpaired) electrons. The zero-order valence-corrected chi connectivity index (χ0v) is 33.8. The number of hydrogen-bond acceptors (Lipinski definition) is 9. The molecule has 1 aliphatic rings. The first-order valence-corrected chi connectivity index (χ1v) is 20.9. The van der Waals surface area contributed by atoms with Gasteiger partial charge in [0, 0.05) is 47.8 Å². The van der Waals surface area contributed by atoms with Crippen LogP contribution in [0.3, 0.4) is 0 Å². The number of nitrogens with zero attached hydrogens (tertiary/aromatic N) is 2. The number of aromatic nitrogens is 1. The van der Waals surface area contributed by atoms with Crippen LogP contribution in [0.1, 0.15) is 33.5 Å². The highest BCUT2D eigenvalue weighted by Gasteiger charge is 2.12. The number of aryl methyl sites for hydroxylation is 3. The molecule has 0 fully saturated rings. The summed E-state index contributed by atoms with van der Waals surface area (Å²) in [4.78, 5) is 17.0. The van der Waals surface area contributed by atoms with Crippen molar-refractivity contribution >= 4 is 71.7 Å². The van der Waals surface area contributed by atoms with Crippen molar-refractivity contribution < 1.29 is 35.3 Å². The van der Waals surface area contributed by atoms with Crippen LogP contribution in [0.2, 0.25) is 0 Å². The average Bonchev–Trinajstić information content (AvgIpc) is 3.19. The van der Waals surface area contributed by atoms with E-state index >= 15 is 0 Å². The third-order valence-corrected chi connectivity index (χ3v) is 10.5. The molecule has 1 amide bonds. The maximum absolute atomic E-state index is 12.7. The fourth-order valence-electron chi connectivity index (χ4n) is 5.54. The Morgan fingerprint density at radius 2 is 1.33 bits per heavy atom. The second-order valence-electron chi connectivity index (χ2n) is 13.4. The van der Waals surface area contributed by atoms with Gasteiger partial charge in [0.2, 0.25) is 5.52 Å². The van der Waals surface area contributed by atoms with Gasteiger partial charge in [-0.15, -0.1) is 0 Å². The molecule has 1 aliphatic heterocycles. The number of rotatable bonds is 8. The van der Waals surface area contributed by atoms with E-state index in [1.807, 2.05) is 112 Å². The summed E-state index contributed by atoms with van der Waals surface area (Å²) in [7, 11) is -6.03. The molecule has 300 valence electrons. The molecule has 0 saturated heterocycles. The predicted molar refractivity (Wildman–Crippen MR) is 230 cm³/mol. The number of benzene rings is 5. The van der Waals surface area contributed by atoms with Crippen molar-refractivity contribution in [2.45, 2.75) is 30.1 Å².